The monoisotopic (exact) mass is 403 g/mol. The number of ether oxygens (including phenoxy) is 2. The number of anilines is 1. The Hall–Kier alpha value is -2.94. The largest absolute Gasteiger partial charge is 0.465 e. The molecule has 2 aliphatic rings. The molecule has 1 aliphatic heterocycles. The first kappa shape index (κ1) is 20.8. The summed E-state index contributed by atoms with van der Waals surface area (Å²) in [5, 5.41) is 8.92. The summed E-state index contributed by atoms with van der Waals surface area (Å²) in [6, 6.07) is 3.80. The van der Waals surface area contributed by atoms with Gasteiger partial charge in [-0.1, -0.05) is 12.8 Å². The Morgan fingerprint density at radius 3 is 2.17 bits per heavy atom. The van der Waals surface area contributed by atoms with E-state index >= 15 is 0 Å². The molecule has 9 heteroatoms. The number of amides is 2. The summed E-state index contributed by atoms with van der Waals surface area (Å²) in [5.74, 6) is -1.91. The van der Waals surface area contributed by atoms with Crippen LogP contribution < -0.4 is 16.0 Å². The highest BCUT2D eigenvalue weighted by Gasteiger charge is 2.37. The Labute approximate surface area is 168 Å². The number of benzene rings is 1. The first-order valence-corrected chi connectivity index (χ1v) is 9.59. The maximum Gasteiger partial charge on any atom is 0.337 e. The molecule has 1 aromatic carbocycles. The number of carbonyl (C=O) groups is 4. The van der Waals surface area contributed by atoms with Crippen LogP contribution >= 0.6 is 0 Å². The fraction of sp³-hybridized carbons (Fsp3) is 0.500. The van der Waals surface area contributed by atoms with Crippen molar-refractivity contribution >= 4 is 29.4 Å². The number of nitrogens with one attached hydrogen (secondary N) is 3. The maximum absolute atomic E-state index is 12.5. The lowest BCUT2D eigenvalue weighted by Crippen LogP contribution is -2.65. The smallest absolute Gasteiger partial charge is 0.337 e. The van der Waals surface area contributed by atoms with E-state index in [1.807, 2.05) is 0 Å². The Bertz CT molecular complexity index is 790. The molecule has 1 aromatic rings. The predicted octanol–water partition coefficient (Wildman–Crippen LogP) is 0.988. The van der Waals surface area contributed by atoms with Crippen LogP contribution in [0.2, 0.25) is 0 Å². The van der Waals surface area contributed by atoms with Crippen molar-refractivity contribution < 1.29 is 28.7 Å². The third-order valence-electron chi connectivity index (χ3n) is 5.27. The second-order valence-corrected chi connectivity index (χ2v) is 7.26. The Balaban J connectivity index is 1.70. The molecule has 0 unspecified atom stereocenters. The van der Waals surface area contributed by atoms with Crippen LogP contribution in [0.1, 0.15) is 52.8 Å². The predicted molar refractivity (Wildman–Crippen MR) is 103 cm³/mol. The van der Waals surface area contributed by atoms with E-state index in [0.29, 0.717) is 0 Å². The van der Waals surface area contributed by atoms with Gasteiger partial charge in [0.2, 0.25) is 11.8 Å². The van der Waals surface area contributed by atoms with Gasteiger partial charge in [-0.05, 0) is 31.0 Å². The standard InChI is InChI=1S/C20H25N3O6/c1-28-19(26)11-7-12(20(27)29-2)9-13(8-11)21-17(24)10-16-18(25)23-15-6-4-3-5-14(15)22-16/h7-9,14-16,22H,3-6,10H2,1-2H3,(H,21,24)(H,23,25)/t14-,15+,16-/m0/s1. The van der Waals surface area contributed by atoms with Crippen LogP contribution in [0.4, 0.5) is 5.69 Å². The zero-order chi connectivity index (χ0) is 21.0. The number of hydrogen-bond donors (Lipinski definition) is 3. The lowest BCUT2D eigenvalue weighted by molar-refractivity contribution is -0.129. The van der Waals surface area contributed by atoms with Crippen molar-refractivity contribution in [3.63, 3.8) is 0 Å². The zero-order valence-electron chi connectivity index (χ0n) is 16.4. The summed E-state index contributed by atoms with van der Waals surface area (Å²) in [6.07, 6.45) is 4.03. The molecule has 1 heterocycles. The molecule has 156 valence electrons. The average Bonchev–Trinajstić information content (AvgIpc) is 2.72. The SMILES string of the molecule is COC(=O)c1cc(NC(=O)C[C@@H]2N[C@H]3CCCC[C@H]3NC2=O)cc(C(=O)OC)c1. The van der Waals surface area contributed by atoms with Crippen LogP contribution in [0.25, 0.3) is 0 Å². The van der Waals surface area contributed by atoms with Crippen LogP contribution in [0.15, 0.2) is 18.2 Å². The van der Waals surface area contributed by atoms with Crippen LogP contribution in [-0.4, -0.2) is 56.1 Å². The minimum Gasteiger partial charge on any atom is -0.465 e. The average molecular weight is 403 g/mol. The molecule has 0 aromatic heterocycles. The molecule has 29 heavy (non-hydrogen) atoms. The third-order valence-corrected chi connectivity index (χ3v) is 5.27. The molecule has 3 rings (SSSR count). The highest BCUT2D eigenvalue weighted by atomic mass is 16.5. The van der Waals surface area contributed by atoms with Gasteiger partial charge >= 0.3 is 11.9 Å². The molecule has 9 nitrogen and oxygen atoms in total. The fourth-order valence-corrected chi connectivity index (χ4v) is 3.84. The van der Waals surface area contributed by atoms with Crippen molar-refractivity contribution in [2.45, 2.75) is 50.2 Å². The highest BCUT2D eigenvalue weighted by Crippen LogP contribution is 2.23. The van der Waals surface area contributed by atoms with E-state index in [9.17, 15) is 19.2 Å². The molecule has 1 saturated carbocycles. The fourth-order valence-electron chi connectivity index (χ4n) is 3.84. The number of esters is 2. The van der Waals surface area contributed by atoms with E-state index in [4.69, 9.17) is 0 Å². The summed E-state index contributed by atoms with van der Waals surface area (Å²) in [7, 11) is 2.44. The van der Waals surface area contributed by atoms with Crippen molar-refractivity contribution in [1.29, 1.82) is 0 Å². The molecule has 3 N–H and O–H groups in total. The Kier molecular flexibility index (Phi) is 6.48. The maximum atomic E-state index is 12.5. The van der Waals surface area contributed by atoms with E-state index < -0.39 is 23.9 Å². The lowest BCUT2D eigenvalue weighted by atomic mass is 9.87. The van der Waals surface area contributed by atoms with Gasteiger partial charge in [0, 0.05) is 17.8 Å². The van der Waals surface area contributed by atoms with Gasteiger partial charge in [-0.15, -0.1) is 0 Å². The second kappa shape index (κ2) is 9.04. The summed E-state index contributed by atoms with van der Waals surface area (Å²) in [4.78, 5) is 48.6. The van der Waals surface area contributed by atoms with Crippen LogP contribution in [-0.2, 0) is 19.1 Å². The third kappa shape index (κ3) is 4.92. The van der Waals surface area contributed by atoms with Gasteiger partial charge < -0.3 is 25.4 Å². The van der Waals surface area contributed by atoms with Gasteiger partial charge in [-0.25, -0.2) is 9.59 Å². The molecule has 2 fully saturated rings. The van der Waals surface area contributed by atoms with E-state index in [1.54, 1.807) is 0 Å². The molecule has 1 saturated heterocycles. The minimum atomic E-state index is -0.650. The molecule has 0 radical (unpaired) electrons. The molecule has 1 aliphatic carbocycles. The van der Waals surface area contributed by atoms with Crippen molar-refractivity contribution in [3.8, 4) is 0 Å². The minimum absolute atomic E-state index is 0.0644. The van der Waals surface area contributed by atoms with Crippen LogP contribution in [0.5, 0.6) is 0 Å². The number of carbonyl (C=O) groups excluding carboxylic acids is 4. The Morgan fingerprint density at radius 1 is 1.00 bits per heavy atom. The van der Waals surface area contributed by atoms with Gasteiger partial charge in [0.05, 0.1) is 37.8 Å². The lowest BCUT2D eigenvalue weighted by Gasteiger charge is -2.40. The number of hydrogen-bond acceptors (Lipinski definition) is 7. The number of methoxy groups -OCH3 is 2. The van der Waals surface area contributed by atoms with Crippen LogP contribution in [0, 0.1) is 0 Å². The summed E-state index contributed by atoms with van der Waals surface area (Å²) < 4.78 is 9.37. The second-order valence-electron chi connectivity index (χ2n) is 7.26. The van der Waals surface area contributed by atoms with Gasteiger partial charge in [-0.3, -0.25) is 9.59 Å². The Morgan fingerprint density at radius 2 is 1.59 bits per heavy atom. The highest BCUT2D eigenvalue weighted by molar-refractivity contribution is 6.00. The zero-order valence-corrected chi connectivity index (χ0v) is 16.4. The quantitative estimate of drug-likeness (QED) is 0.627. The number of fused-ring (bicyclic) bond motifs is 1. The number of piperazine rings is 1. The van der Waals surface area contributed by atoms with Crippen molar-refractivity contribution in [2.75, 3.05) is 19.5 Å². The van der Waals surface area contributed by atoms with Crippen molar-refractivity contribution in [3.05, 3.63) is 29.3 Å². The van der Waals surface area contributed by atoms with E-state index in [-0.39, 0.29) is 41.2 Å². The molecule has 3 atom stereocenters. The van der Waals surface area contributed by atoms with Gasteiger partial charge in [0.15, 0.2) is 0 Å². The topological polar surface area (TPSA) is 123 Å². The summed E-state index contributed by atoms with van der Waals surface area (Å²) >= 11 is 0. The molecule has 2 amide bonds. The molecule has 0 spiro atoms. The molecule has 0 bridgehead atoms. The van der Waals surface area contributed by atoms with E-state index in [1.165, 1.54) is 32.4 Å². The van der Waals surface area contributed by atoms with Crippen molar-refractivity contribution in [2.24, 2.45) is 0 Å². The normalized spacial score (nSPS) is 23.4. The van der Waals surface area contributed by atoms with Crippen LogP contribution in [0.3, 0.4) is 0 Å². The first-order valence-electron chi connectivity index (χ1n) is 9.59. The number of rotatable bonds is 5. The first-order chi connectivity index (χ1) is 13.9. The summed E-state index contributed by atoms with van der Waals surface area (Å²) in [5.41, 5.74) is 0.443. The van der Waals surface area contributed by atoms with Gasteiger partial charge in [0.1, 0.15) is 0 Å². The van der Waals surface area contributed by atoms with E-state index in [0.717, 1.165) is 25.7 Å². The van der Waals surface area contributed by atoms with Crippen molar-refractivity contribution in [1.82, 2.24) is 10.6 Å². The van der Waals surface area contributed by atoms with Gasteiger partial charge in [-0.2, -0.15) is 0 Å². The molecular formula is C20H25N3O6. The summed E-state index contributed by atoms with van der Waals surface area (Å²) in [6.45, 7) is 0. The molecular weight excluding hydrogens is 378 g/mol. The van der Waals surface area contributed by atoms with Gasteiger partial charge in [0.25, 0.3) is 0 Å². The van der Waals surface area contributed by atoms with E-state index in [2.05, 4.69) is 25.4 Å².